The highest BCUT2D eigenvalue weighted by Gasteiger charge is 2.19. The quantitative estimate of drug-likeness (QED) is 0.795. The second-order valence-corrected chi connectivity index (χ2v) is 5.27. The Labute approximate surface area is 119 Å². The van der Waals surface area contributed by atoms with Crippen molar-refractivity contribution in [1.82, 2.24) is 14.8 Å². The molecule has 0 radical (unpaired) electrons. The standard InChI is InChI=1S/C12H12BrClN4/c13-6-9-5-10(14)1-2-11(9)17-3-4-18-8-15-16-12(18)7-17/h1-2,5,8H,3-4,6-7H2. The zero-order valence-electron chi connectivity index (χ0n) is 9.68. The van der Waals surface area contributed by atoms with Crippen molar-refractivity contribution in [1.29, 1.82) is 0 Å². The Balaban J connectivity index is 1.93. The predicted molar refractivity (Wildman–Crippen MR) is 75.2 cm³/mol. The van der Waals surface area contributed by atoms with E-state index in [2.05, 4.69) is 41.7 Å². The summed E-state index contributed by atoms with van der Waals surface area (Å²) in [7, 11) is 0. The first-order valence-corrected chi connectivity index (χ1v) is 7.24. The van der Waals surface area contributed by atoms with Gasteiger partial charge in [0.05, 0.1) is 6.54 Å². The lowest BCUT2D eigenvalue weighted by atomic mass is 10.1. The molecule has 3 rings (SSSR count). The van der Waals surface area contributed by atoms with E-state index in [0.717, 1.165) is 35.8 Å². The molecule has 4 nitrogen and oxygen atoms in total. The fraction of sp³-hybridized carbons (Fsp3) is 0.333. The summed E-state index contributed by atoms with van der Waals surface area (Å²) < 4.78 is 2.10. The lowest BCUT2D eigenvalue weighted by Gasteiger charge is -2.30. The number of alkyl halides is 1. The second kappa shape index (κ2) is 4.90. The van der Waals surface area contributed by atoms with Crippen molar-refractivity contribution in [2.75, 3.05) is 11.4 Å². The van der Waals surface area contributed by atoms with E-state index in [-0.39, 0.29) is 0 Å². The van der Waals surface area contributed by atoms with Crippen LogP contribution in [0.4, 0.5) is 5.69 Å². The number of benzene rings is 1. The van der Waals surface area contributed by atoms with E-state index in [0.29, 0.717) is 0 Å². The van der Waals surface area contributed by atoms with Gasteiger partial charge in [-0.25, -0.2) is 0 Å². The Hall–Kier alpha value is -1.07. The fourth-order valence-electron chi connectivity index (χ4n) is 2.24. The van der Waals surface area contributed by atoms with Gasteiger partial charge in [-0.15, -0.1) is 10.2 Å². The molecule has 0 unspecified atom stereocenters. The maximum absolute atomic E-state index is 6.03. The smallest absolute Gasteiger partial charge is 0.152 e. The van der Waals surface area contributed by atoms with Crippen molar-refractivity contribution >= 4 is 33.2 Å². The van der Waals surface area contributed by atoms with Gasteiger partial charge < -0.3 is 9.47 Å². The number of aromatic nitrogens is 3. The van der Waals surface area contributed by atoms with Crippen LogP contribution in [0.25, 0.3) is 0 Å². The molecule has 6 heteroatoms. The summed E-state index contributed by atoms with van der Waals surface area (Å²) in [6.07, 6.45) is 1.79. The van der Waals surface area contributed by atoms with E-state index in [9.17, 15) is 0 Å². The number of hydrogen-bond donors (Lipinski definition) is 0. The molecule has 0 spiro atoms. The van der Waals surface area contributed by atoms with Gasteiger partial charge in [0.15, 0.2) is 5.82 Å². The van der Waals surface area contributed by atoms with Gasteiger partial charge in [-0.05, 0) is 23.8 Å². The fourth-order valence-corrected chi connectivity index (χ4v) is 2.89. The van der Waals surface area contributed by atoms with Gasteiger partial charge in [0.2, 0.25) is 0 Å². The lowest BCUT2D eigenvalue weighted by Crippen LogP contribution is -2.34. The third kappa shape index (κ3) is 2.12. The maximum atomic E-state index is 6.03. The van der Waals surface area contributed by atoms with Crippen molar-refractivity contribution in [3.8, 4) is 0 Å². The van der Waals surface area contributed by atoms with Crippen LogP contribution < -0.4 is 4.90 Å². The third-order valence-electron chi connectivity index (χ3n) is 3.17. The summed E-state index contributed by atoms with van der Waals surface area (Å²) in [5, 5.41) is 9.65. The lowest BCUT2D eigenvalue weighted by molar-refractivity contribution is 0.559. The number of hydrogen-bond acceptors (Lipinski definition) is 3. The molecule has 18 heavy (non-hydrogen) atoms. The van der Waals surface area contributed by atoms with Gasteiger partial charge in [-0.1, -0.05) is 27.5 Å². The van der Waals surface area contributed by atoms with Gasteiger partial charge in [-0.2, -0.15) is 0 Å². The van der Waals surface area contributed by atoms with Crippen molar-refractivity contribution < 1.29 is 0 Å². The van der Waals surface area contributed by atoms with E-state index < -0.39 is 0 Å². The number of nitrogens with zero attached hydrogens (tertiary/aromatic N) is 4. The van der Waals surface area contributed by atoms with E-state index >= 15 is 0 Å². The molecular weight excluding hydrogens is 316 g/mol. The minimum atomic E-state index is 0.772. The summed E-state index contributed by atoms with van der Waals surface area (Å²) in [6.45, 7) is 2.68. The summed E-state index contributed by atoms with van der Waals surface area (Å²) >= 11 is 9.55. The van der Waals surface area contributed by atoms with Gasteiger partial charge in [0, 0.05) is 29.1 Å². The molecule has 2 heterocycles. The SMILES string of the molecule is Clc1ccc(N2CCn3cnnc3C2)c(CBr)c1. The Morgan fingerprint density at radius 2 is 2.22 bits per heavy atom. The van der Waals surface area contributed by atoms with Crippen LogP contribution in [0.3, 0.4) is 0 Å². The summed E-state index contributed by atoms with van der Waals surface area (Å²) in [5.74, 6) is 1.01. The van der Waals surface area contributed by atoms with Crippen LogP contribution in [0.5, 0.6) is 0 Å². The molecule has 0 atom stereocenters. The van der Waals surface area contributed by atoms with Crippen molar-refractivity contribution in [3.05, 3.63) is 40.9 Å². The molecule has 0 aliphatic carbocycles. The molecule has 0 fully saturated rings. The number of anilines is 1. The van der Waals surface area contributed by atoms with Crippen LogP contribution >= 0.6 is 27.5 Å². The Morgan fingerprint density at radius 1 is 1.33 bits per heavy atom. The normalized spacial score (nSPS) is 14.7. The molecule has 1 aromatic heterocycles. The molecule has 2 aromatic rings. The molecule has 0 saturated heterocycles. The monoisotopic (exact) mass is 326 g/mol. The highest BCUT2D eigenvalue weighted by Crippen LogP contribution is 2.28. The molecule has 1 aliphatic rings. The van der Waals surface area contributed by atoms with Gasteiger partial charge in [-0.3, -0.25) is 0 Å². The number of rotatable bonds is 2. The number of halogens is 2. The molecule has 0 saturated carbocycles. The summed E-state index contributed by atoms with van der Waals surface area (Å²) in [5.41, 5.74) is 2.42. The highest BCUT2D eigenvalue weighted by molar-refractivity contribution is 9.08. The van der Waals surface area contributed by atoms with E-state index in [1.54, 1.807) is 6.33 Å². The average molecular weight is 328 g/mol. The average Bonchev–Trinajstić information content (AvgIpc) is 2.85. The minimum Gasteiger partial charge on any atom is -0.362 e. The molecule has 0 N–H and O–H groups in total. The topological polar surface area (TPSA) is 34.0 Å². The Bertz CT molecular complexity index is 569. The van der Waals surface area contributed by atoms with Crippen LogP contribution in [0, 0.1) is 0 Å². The Morgan fingerprint density at radius 3 is 3.06 bits per heavy atom. The van der Waals surface area contributed by atoms with E-state index in [1.807, 2.05) is 12.1 Å². The maximum Gasteiger partial charge on any atom is 0.152 e. The summed E-state index contributed by atoms with van der Waals surface area (Å²) in [6, 6.07) is 6.01. The zero-order chi connectivity index (χ0) is 12.5. The van der Waals surface area contributed by atoms with Gasteiger partial charge in [0.1, 0.15) is 6.33 Å². The zero-order valence-corrected chi connectivity index (χ0v) is 12.0. The molecule has 1 aromatic carbocycles. The van der Waals surface area contributed by atoms with Crippen molar-refractivity contribution in [2.45, 2.75) is 18.4 Å². The first-order chi connectivity index (χ1) is 8.78. The molecule has 94 valence electrons. The largest absolute Gasteiger partial charge is 0.362 e. The van der Waals surface area contributed by atoms with Crippen LogP contribution in [-0.2, 0) is 18.4 Å². The van der Waals surface area contributed by atoms with Crippen LogP contribution in [0.2, 0.25) is 5.02 Å². The molecule has 1 aliphatic heterocycles. The Kier molecular flexibility index (Phi) is 3.26. The van der Waals surface area contributed by atoms with Crippen LogP contribution in [-0.4, -0.2) is 21.3 Å². The first kappa shape index (κ1) is 12.0. The van der Waals surface area contributed by atoms with E-state index in [4.69, 9.17) is 11.6 Å². The molecule has 0 bridgehead atoms. The van der Waals surface area contributed by atoms with Crippen LogP contribution in [0.1, 0.15) is 11.4 Å². The van der Waals surface area contributed by atoms with Crippen molar-refractivity contribution in [2.24, 2.45) is 0 Å². The van der Waals surface area contributed by atoms with Crippen LogP contribution in [0.15, 0.2) is 24.5 Å². The predicted octanol–water partition coefficient (Wildman–Crippen LogP) is 2.85. The second-order valence-electron chi connectivity index (χ2n) is 4.27. The minimum absolute atomic E-state index is 0.772. The summed E-state index contributed by atoms with van der Waals surface area (Å²) in [4.78, 5) is 2.32. The van der Waals surface area contributed by atoms with Crippen molar-refractivity contribution in [3.63, 3.8) is 0 Å². The molecule has 0 amide bonds. The highest BCUT2D eigenvalue weighted by atomic mass is 79.9. The number of fused-ring (bicyclic) bond motifs is 1. The first-order valence-electron chi connectivity index (χ1n) is 5.74. The molecular formula is C12H12BrClN4. The van der Waals surface area contributed by atoms with Gasteiger partial charge >= 0.3 is 0 Å². The third-order valence-corrected chi connectivity index (χ3v) is 4.00. The van der Waals surface area contributed by atoms with Gasteiger partial charge in [0.25, 0.3) is 0 Å². The van der Waals surface area contributed by atoms with E-state index in [1.165, 1.54) is 11.3 Å².